The van der Waals surface area contributed by atoms with Crippen LogP contribution in [0.2, 0.25) is 0 Å². The maximum absolute atomic E-state index is 12.4. The Labute approximate surface area is 130 Å². The summed E-state index contributed by atoms with van der Waals surface area (Å²) in [7, 11) is -3.84. The van der Waals surface area contributed by atoms with Crippen molar-refractivity contribution in [2.45, 2.75) is 42.4 Å². The second-order valence-electron chi connectivity index (χ2n) is 5.08. The van der Waals surface area contributed by atoms with Crippen LogP contribution >= 0.6 is 27.3 Å². The van der Waals surface area contributed by atoms with Gasteiger partial charge in [-0.1, -0.05) is 19.8 Å². The Morgan fingerprint density at radius 3 is 2.75 bits per heavy atom. The van der Waals surface area contributed by atoms with E-state index in [2.05, 4.69) is 20.7 Å². The Morgan fingerprint density at radius 2 is 2.25 bits per heavy atom. The number of thiophene rings is 1. The second-order valence-corrected chi connectivity index (χ2v) is 8.73. The first kappa shape index (κ1) is 15.9. The molecule has 8 heteroatoms. The van der Waals surface area contributed by atoms with Crippen molar-refractivity contribution >= 4 is 43.3 Å². The van der Waals surface area contributed by atoms with Gasteiger partial charge in [0.1, 0.15) is 9.75 Å². The van der Waals surface area contributed by atoms with Gasteiger partial charge in [0.2, 0.25) is 0 Å². The van der Waals surface area contributed by atoms with Gasteiger partial charge in [-0.15, -0.1) is 11.3 Å². The van der Waals surface area contributed by atoms with Gasteiger partial charge in [-0.05, 0) is 46.1 Å². The summed E-state index contributed by atoms with van der Waals surface area (Å²) in [6.07, 6.45) is 2.68. The van der Waals surface area contributed by atoms with E-state index in [9.17, 15) is 18.3 Å². The summed E-state index contributed by atoms with van der Waals surface area (Å²) >= 11 is 4.25. The SMILES string of the molecule is CC1CCCCC1(NS(=O)(=O)c1sccc1Br)C(=O)O. The zero-order chi connectivity index (χ0) is 15.0. The number of hydrogen-bond donors (Lipinski definition) is 2. The third kappa shape index (κ3) is 2.79. The van der Waals surface area contributed by atoms with Crippen LogP contribution in [0.3, 0.4) is 0 Å². The minimum Gasteiger partial charge on any atom is -0.480 e. The molecule has 0 amide bonds. The number of carbonyl (C=O) groups is 1. The highest BCUT2D eigenvalue weighted by Crippen LogP contribution is 2.36. The van der Waals surface area contributed by atoms with E-state index in [-0.39, 0.29) is 10.1 Å². The summed E-state index contributed by atoms with van der Waals surface area (Å²) in [4.78, 5) is 11.7. The Hall–Kier alpha value is -0.440. The average Bonchev–Trinajstić information content (AvgIpc) is 2.79. The van der Waals surface area contributed by atoms with Crippen molar-refractivity contribution in [2.24, 2.45) is 5.92 Å². The molecule has 1 heterocycles. The zero-order valence-electron chi connectivity index (χ0n) is 10.9. The van der Waals surface area contributed by atoms with E-state index in [1.54, 1.807) is 18.4 Å². The molecule has 1 aromatic heterocycles. The molecule has 0 radical (unpaired) electrons. The molecule has 2 atom stereocenters. The minimum absolute atomic E-state index is 0.121. The van der Waals surface area contributed by atoms with E-state index in [4.69, 9.17) is 0 Å². The third-order valence-electron chi connectivity index (χ3n) is 3.83. The van der Waals surface area contributed by atoms with Gasteiger partial charge in [0.15, 0.2) is 0 Å². The molecular formula is C12H16BrNO4S2. The molecule has 5 nitrogen and oxygen atoms in total. The predicted octanol–water partition coefficient (Wildman–Crippen LogP) is 2.82. The van der Waals surface area contributed by atoms with Crippen LogP contribution in [0.25, 0.3) is 0 Å². The number of rotatable bonds is 4. The Balaban J connectivity index is 2.39. The standard InChI is InChI=1S/C12H16BrNO4S2/c1-8-4-2-3-6-12(8,11(15)16)14-20(17,18)10-9(13)5-7-19-10/h5,7-8,14H,2-4,6H2,1H3,(H,15,16). The molecule has 1 fully saturated rings. The van der Waals surface area contributed by atoms with Gasteiger partial charge in [0.25, 0.3) is 10.0 Å². The van der Waals surface area contributed by atoms with E-state index in [1.807, 2.05) is 0 Å². The smallest absolute Gasteiger partial charge is 0.325 e. The van der Waals surface area contributed by atoms with Crippen molar-refractivity contribution in [3.63, 3.8) is 0 Å². The number of halogens is 1. The molecule has 1 aliphatic rings. The van der Waals surface area contributed by atoms with Gasteiger partial charge in [0, 0.05) is 4.47 Å². The summed E-state index contributed by atoms with van der Waals surface area (Å²) in [6, 6.07) is 1.64. The highest BCUT2D eigenvalue weighted by atomic mass is 79.9. The van der Waals surface area contributed by atoms with E-state index in [1.165, 1.54) is 0 Å². The van der Waals surface area contributed by atoms with Crippen molar-refractivity contribution in [3.05, 3.63) is 15.9 Å². The molecule has 2 unspecified atom stereocenters. The van der Waals surface area contributed by atoms with Crippen LogP contribution in [0.1, 0.15) is 32.6 Å². The highest BCUT2D eigenvalue weighted by molar-refractivity contribution is 9.10. The fourth-order valence-electron chi connectivity index (χ4n) is 2.62. The van der Waals surface area contributed by atoms with Crippen LogP contribution in [-0.2, 0) is 14.8 Å². The number of hydrogen-bond acceptors (Lipinski definition) is 4. The monoisotopic (exact) mass is 381 g/mol. The Morgan fingerprint density at radius 1 is 1.55 bits per heavy atom. The van der Waals surface area contributed by atoms with Gasteiger partial charge in [0.05, 0.1) is 0 Å². The van der Waals surface area contributed by atoms with Crippen LogP contribution in [0.4, 0.5) is 0 Å². The maximum atomic E-state index is 12.4. The van der Waals surface area contributed by atoms with Gasteiger partial charge in [-0.25, -0.2) is 8.42 Å². The van der Waals surface area contributed by atoms with E-state index >= 15 is 0 Å². The lowest BCUT2D eigenvalue weighted by Crippen LogP contribution is -2.59. The summed E-state index contributed by atoms with van der Waals surface area (Å²) < 4.78 is 27.9. The van der Waals surface area contributed by atoms with Gasteiger partial charge in [-0.3, -0.25) is 4.79 Å². The molecule has 0 aromatic carbocycles. The molecule has 112 valence electrons. The van der Waals surface area contributed by atoms with Crippen molar-refractivity contribution in [3.8, 4) is 0 Å². The summed E-state index contributed by atoms with van der Waals surface area (Å²) in [5.74, 6) is -1.33. The molecule has 0 aliphatic heterocycles. The minimum atomic E-state index is -3.84. The van der Waals surface area contributed by atoms with Crippen LogP contribution in [0, 0.1) is 5.92 Å². The largest absolute Gasteiger partial charge is 0.480 e. The van der Waals surface area contributed by atoms with E-state index in [0.717, 1.165) is 17.8 Å². The first-order chi connectivity index (χ1) is 9.29. The average molecular weight is 382 g/mol. The fourth-order valence-corrected chi connectivity index (χ4v) is 6.44. The summed E-state index contributed by atoms with van der Waals surface area (Å²) in [6.45, 7) is 1.79. The van der Waals surface area contributed by atoms with Crippen LogP contribution in [0.15, 0.2) is 20.1 Å². The molecular weight excluding hydrogens is 366 g/mol. The van der Waals surface area contributed by atoms with Crippen molar-refractivity contribution in [1.82, 2.24) is 4.72 Å². The molecule has 1 aliphatic carbocycles. The van der Waals surface area contributed by atoms with Gasteiger partial charge >= 0.3 is 5.97 Å². The first-order valence-corrected chi connectivity index (χ1v) is 9.45. The summed E-state index contributed by atoms with van der Waals surface area (Å²) in [5, 5.41) is 11.2. The van der Waals surface area contributed by atoms with Crippen molar-refractivity contribution in [1.29, 1.82) is 0 Å². The third-order valence-corrected chi connectivity index (χ3v) is 8.01. The molecule has 20 heavy (non-hydrogen) atoms. The zero-order valence-corrected chi connectivity index (χ0v) is 14.1. The Kier molecular flexibility index (Phi) is 4.58. The summed E-state index contributed by atoms with van der Waals surface area (Å²) in [5.41, 5.74) is -1.40. The number of aliphatic carboxylic acids is 1. The lowest BCUT2D eigenvalue weighted by Gasteiger charge is -2.39. The lowest BCUT2D eigenvalue weighted by molar-refractivity contribution is -0.147. The topological polar surface area (TPSA) is 83.5 Å². The fraction of sp³-hybridized carbons (Fsp3) is 0.583. The number of carboxylic acid groups (broad SMARTS) is 1. The molecule has 2 N–H and O–H groups in total. The van der Waals surface area contributed by atoms with E-state index < -0.39 is 21.5 Å². The molecule has 1 saturated carbocycles. The van der Waals surface area contributed by atoms with Crippen LogP contribution in [0.5, 0.6) is 0 Å². The lowest BCUT2D eigenvalue weighted by atomic mass is 9.74. The normalized spacial score (nSPS) is 27.4. The van der Waals surface area contributed by atoms with E-state index in [0.29, 0.717) is 23.7 Å². The molecule has 0 bridgehead atoms. The number of sulfonamides is 1. The quantitative estimate of drug-likeness (QED) is 0.839. The number of carboxylic acids is 1. The molecule has 2 rings (SSSR count). The highest BCUT2D eigenvalue weighted by Gasteiger charge is 2.48. The molecule has 0 saturated heterocycles. The molecule has 1 aromatic rings. The maximum Gasteiger partial charge on any atom is 0.325 e. The predicted molar refractivity (Wildman–Crippen MR) is 80.3 cm³/mol. The first-order valence-electron chi connectivity index (χ1n) is 6.30. The van der Waals surface area contributed by atoms with Gasteiger partial charge < -0.3 is 5.11 Å². The molecule has 0 spiro atoms. The van der Waals surface area contributed by atoms with Crippen LogP contribution < -0.4 is 4.72 Å². The second kappa shape index (κ2) is 5.75. The van der Waals surface area contributed by atoms with Crippen LogP contribution in [-0.4, -0.2) is 25.0 Å². The Bertz CT molecular complexity index is 613. The van der Waals surface area contributed by atoms with Crippen molar-refractivity contribution in [2.75, 3.05) is 0 Å². The van der Waals surface area contributed by atoms with Crippen molar-refractivity contribution < 1.29 is 18.3 Å². The number of nitrogens with one attached hydrogen (secondary N) is 1. The van der Waals surface area contributed by atoms with Gasteiger partial charge in [-0.2, -0.15) is 4.72 Å².